The van der Waals surface area contributed by atoms with Crippen molar-refractivity contribution in [1.29, 1.82) is 0 Å². The van der Waals surface area contributed by atoms with Gasteiger partial charge in [-0.2, -0.15) is 11.3 Å². The lowest BCUT2D eigenvalue weighted by molar-refractivity contribution is -0.139. The van der Waals surface area contributed by atoms with Gasteiger partial charge in [0.05, 0.1) is 18.9 Å². The van der Waals surface area contributed by atoms with Gasteiger partial charge in [0.25, 0.3) is 0 Å². The Morgan fingerprint density at radius 2 is 2.10 bits per heavy atom. The average Bonchev–Trinajstić information content (AvgIpc) is 3.17. The summed E-state index contributed by atoms with van der Waals surface area (Å²) in [5, 5.41) is 18.5. The SMILES string of the molecule is O=C(NCCC(O)c1ccsc1)C(=O)NCc1ccco1. The summed E-state index contributed by atoms with van der Waals surface area (Å²) in [6, 6.07) is 5.23. The van der Waals surface area contributed by atoms with Crippen molar-refractivity contribution in [3.8, 4) is 0 Å². The lowest BCUT2D eigenvalue weighted by atomic mass is 10.1. The Balaban J connectivity index is 1.65. The number of rotatable bonds is 6. The summed E-state index contributed by atoms with van der Waals surface area (Å²) < 4.78 is 5.04. The number of carbonyl (C=O) groups is 2. The highest BCUT2D eigenvalue weighted by molar-refractivity contribution is 7.07. The number of aliphatic hydroxyl groups excluding tert-OH is 1. The Morgan fingerprint density at radius 1 is 1.29 bits per heavy atom. The maximum atomic E-state index is 11.5. The molecule has 2 aromatic heterocycles. The zero-order valence-corrected chi connectivity index (χ0v) is 12.1. The quantitative estimate of drug-likeness (QED) is 0.699. The van der Waals surface area contributed by atoms with E-state index < -0.39 is 17.9 Å². The van der Waals surface area contributed by atoms with Crippen molar-refractivity contribution in [3.05, 3.63) is 46.5 Å². The van der Waals surface area contributed by atoms with Crippen LogP contribution in [0.2, 0.25) is 0 Å². The molecule has 0 aliphatic carbocycles. The minimum Gasteiger partial charge on any atom is -0.467 e. The fraction of sp³-hybridized carbons (Fsp3) is 0.286. The van der Waals surface area contributed by atoms with Crippen LogP contribution in [0.1, 0.15) is 23.8 Å². The highest BCUT2D eigenvalue weighted by atomic mass is 32.1. The first-order chi connectivity index (χ1) is 10.2. The standard InChI is InChI=1S/C14H16N2O4S/c17-12(10-4-7-21-9-10)3-5-15-13(18)14(19)16-8-11-2-1-6-20-11/h1-2,4,6-7,9,12,17H,3,5,8H2,(H,15,18)(H,16,19). The first-order valence-corrected chi connectivity index (χ1v) is 7.39. The zero-order valence-electron chi connectivity index (χ0n) is 11.2. The molecule has 0 saturated heterocycles. The van der Waals surface area contributed by atoms with Crippen LogP contribution in [-0.2, 0) is 16.1 Å². The number of aliphatic hydroxyl groups is 1. The van der Waals surface area contributed by atoms with Crippen molar-refractivity contribution in [2.24, 2.45) is 0 Å². The van der Waals surface area contributed by atoms with Crippen LogP contribution in [0.5, 0.6) is 0 Å². The first-order valence-electron chi connectivity index (χ1n) is 6.45. The van der Waals surface area contributed by atoms with E-state index in [0.29, 0.717) is 12.2 Å². The van der Waals surface area contributed by atoms with Crippen molar-refractivity contribution in [2.75, 3.05) is 6.54 Å². The van der Waals surface area contributed by atoms with Crippen molar-refractivity contribution in [3.63, 3.8) is 0 Å². The van der Waals surface area contributed by atoms with Gasteiger partial charge in [-0.15, -0.1) is 0 Å². The van der Waals surface area contributed by atoms with Gasteiger partial charge in [0.15, 0.2) is 0 Å². The maximum Gasteiger partial charge on any atom is 0.309 e. The van der Waals surface area contributed by atoms with Gasteiger partial charge in [0.2, 0.25) is 0 Å². The van der Waals surface area contributed by atoms with E-state index in [1.807, 2.05) is 16.8 Å². The molecule has 0 aromatic carbocycles. The van der Waals surface area contributed by atoms with Crippen LogP contribution in [0.4, 0.5) is 0 Å². The number of hydrogen-bond acceptors (Lipinski definition) is 5. The minimum absolute atomic E-state index is 0.163. The Kier molecular flexibility index (Phi) is 5.53. The van der Waals surface area contributed by atoms with Crippen LogP contribution in [0.3, 0.4) is 0 Å². The molecule has 0 aliphatic rings. The molecule has 0 fully saturated rings. The third kappa shape index (κ3) is 4.73. The van der Waals surface area contributed by atoms with E-state index in [1.54, 1.807) is 12.1 Å². The molecule has 2 rings (SSSR count). The highest BCUT2D eigenvalue weighted by Gasteiger charge is 2.14. The van der Waals surface area contributed by atoms with Crippen molar-refractivity contribution >= 4 is 23.2 Å². The molecule has 0 spiro atoms. The molecule has 0 radical (unpaired) electrons. The molecule has 112 valence electrons. The molecule has 6 nitrogen and oxygen atoms in total. The predicted octanol–water partition coefficient (Wildman–Crippen LogP) is 1.20. The fourth-order valence-electron chi connectivity index (χ4n) is 1.69. The van der Waals surface area contributed by atoms with Gasteiger partial charge in [-0.1, -0.05) is 0 Å². The van der Waals surface area contributed by atoms with Gasteiger partial charge >= 0.3 is 11.8 Å². The summed E-state index contributed by atoms with van der Waals surface area (Å²) in [7, 11) is 0. The number of amides is 2. The molecule has 0 bridgehead atoms. The number of furan rings is 1. The van der Waals surface area contributed by atoms with Crippen molar-refractivity contribution in [2.45, 2.75) is 19.1 Å². The molecule has 2 heterocycles. The summed E-state index contributed by atoms with van der Waals surface area (Å²) in [4.78, 5) is 23.1. The Morgan fingerprint density at radius 3 is 2.76 bits per heavy atom. The Bertz CT molecular complexity index is 566. The van der Waals surface area contributed by atoms with Gasteiger partial charge in [-0.05, 0) is 40.9 Å². The van der Waals surface area contributed by atoms with E-state index in [-0.39, 0.29) is 13.1 Å². The second-order valence-corrected chi connectivity index (χ2v) is 5.16. The summed E-state index contributed by atoms with van der Waals surface area (Å²) >= 11 is 1.50. The topological polar surface area (TPSA) is 91.6 Å². The van der Waals surface area contributed by atoms with Crippen LogP contribution < -0.4 is 10.6 Å². The summed E-state index contributed by atoms with van der Waals surface area (Å²) in [5.41, 5.74) is 0.816. The molecule has 1 unspecified atom stereocenters. The van der Waals surface area contributed by atoms with E-state index in [9.17, 15) is 14.7 Å². The molecule has 2 amide bonds. The van der Waals surface area contributed by atoms with Crippen molar-refractivity contribution < 1.29 is 19.1 Å². The van der Waals surface area contributed by atoms with E-state index >= 15 is 0 Å². The smallest absolute Gasteiger partial charge is 0.309 e. The molecule has 1 atom stereocenters. The fourth-order valence-corrected chi connectivity index (χ4v) is 2.40. The minimum atomic E-state index is -0.726. The first kappa shape index (κ1) is 15.3. The maximum absolute atomic E-state index is 11.5. The highest BCUT2D eigenvalue weighted by Crippen LogP contribution is 2.18. The molecular formula is C14H16N2O4S. The number of carbonyl (C=O) groups excluding carboxylic acids is 2. The molecule has 0 aliphatic heterocycles. The molecular weight excluding hydrogens is 292 g/mol. The predicted molar refractivity (Wildman–Crippen MR) is 77.5 cm³/mol. The van der Waals surface area contributed by atoms with Crippen molar-refractivity contribution in [1.82, 2.24) is 10.6 Å². The number of thiophene rings is 1. The zero-order chi connectivity index (χ0) is 15.1. The Labute approximate surface area is 125 Å². The lowest BCUT2D eigenvalue weighted by Crippen LogP contribution is -2.40. The second kappa shape index (κ2) is 7.61. The third-order valence-electron chi connectivity index (χ3n) is 2.84. The average molecular weight is 308 g/mol. The van der Waals surface area contributed by atoms with E-state index in [2.05, 4.69) is 10.6 Å². The van der Waals surface area contributed by atoms with Crippen LogP contribution in [0.15, 0.2) is 39.6 Å². The lowest BCUT2D eigenvalue weighted by Gasteiger charge is -2.09. The second-order valence-electron chi connectivity index (χ2n) is 4.38. The van der Waals surface area contributed by atoms with Crippen LogP contribution in [0, 0.1) is 0 Å². The molecule has 3 N–H and O–H groups in total. The van der Waals surface area contributed by atoms with Gasteiger partial charge in [0.1, 0.15) is 5.76 Å². The molecule has 0 saturated carbocycles. The molecule has 2 aromatic rings. The molecule has 21 heavy (non-hydrogen) atoms. The van der Waals surface area contributed by atoms with E-state index in [1.165, 1.54) is 17.6 Å². The summed E-state index contributed by atoms with van der Waals surface area (Å²) in [6.07, 6.45) is 1.21. The Hall–Kier alpha value is -2.12. The third-order valence-corrected chi connectivity index (χ3v) is 3.54. The normalized spacial score (nSPS) is 11.9. The van der Waals surface area contributed by atoms with E-state index in [4.69, 9.17) is 4.42 Å². The number of hydrogen-bond donors (Lipinski definition) is 3. The summed E-state index contributed by atoms with van der Waals surface area (Å²) in [5.74, 6) is -0.875. The summed E-state index contributed by atoms with van der Waals surface area (Å²) in [6.45, 7) is 0.390. The monoisotopic (exact) mass is 308 g/mol. The van der Waals surface area contributed by atoms with Crippen LogP contribution >= 0.6 is 11.3 Å². The number of nitrogens with one attached hydrogen (secondary N) is 2. The van der Waals surface area contributed by atoms with Gasteiger partial charge in [-0.3, -0.25) is 9.59 Å². The van der Waals surface area contributed by atoms with Gasteiger partial charge < -0.3 is 20.2 Å². The van der Waals surface area contributed by atoms with Crippen LogP contribution in [-0.4, -0.2) is 23.5 Å². The van der Waals surface area contributed by atoms with E-state index in [0.717, 1.165) is 5.56 Å². The van der Waals surface area contributed by atoms with Crippen LogP contribution in [0.25, 0.3) is 0 Å². The van der Waals surface area contributed by atoms with Gasteiger partial charge in [0, 0.05) is 6.54 Å². The largest absolute Gasteiger partial charge is 0.467 e. The van der Waals surface area contributed by atoms with Gasteiger partial charge in [-0.25, -0.2) is 0 Å². The molecule has 7 heteroatoms.